The summed E-state index contributed by atoms with van der Waals surface area (Å²) < 4.78 is 5.41. The van der Waals surface area contributed by atoms with Crippen LogP contribution in [0.5, 0.6) is 0 Å². The van der Waals surface area contributed by atoms with Crippen molar-refractivity contribution in [1.82, 2.24) is 10.6 Å². The Morgan fingerprint density at radius 3 is 2.70 bits per heavy atom. The fourth-order valence-corrected chi connectivity index (χ4v) is 2.55. The second-order valence-electron chi connectivity index (χ2n) is 5.85. The first kappa shape index (κ1) is 14.9. The standard InChI is InChI=1S/C15H24N2O3/c1-11-8-9-13(20-11)15(2,19)10-16-14(18)17-12-6-4-3-5-7-12/h8-9,12,19H,3-7,10H2,1-2H3,(H2,16,17,18). The lowest BCUT2D eigenvalue weighted by molar-refractivity contribution is 0.0358. The summed E-state index contributed by atoms with van der Waals surface area (Å²) in [6.07, 6.45) is 5.69. The molecule has 0 aromatic carbocycles. The Labute approximate surface area is 119 Å². The Hall–Kier alpha value is -1.49. The van der Waals surface area contributed by atoms with Crippen molar-refractivity contribution in [2.75, 3.05) is 6.54 Å². The summed E-state index contributed by atoms with van der Waals surface area (Å²) in [4.78, 5) is 11.8. The molecule has 1 aliphatic carbocycles. The number of amides is 2. The van der Waals surface area contributed by atoms with Gasteiger partial charge in [0.05, 0.1) is 6.54 Å². The number of carbonyl (C=O) groups is 1. The van der Waals surface area contributed by atoms with Gasteiger partial charge in [-0.3, -0.25) is 0 Å². The molecule has 1 fully saturated rings. The maximum absolute atomic E-state index is 11.8. The molecule has 5 nitrogen and oxygen atoms in total. The lowest BCUT2D eigenvalue weighted by atomic mass is 9.96. The highest BCUT2D eigenvalue weighted by atomic mass is 16.4. The van der Waals surface area contributed by atoms with Crippen molar-refractivity contribution in [3.63, 3.8) is 0 Å². The second-order valence-corrected chi connectivity index (χ2v) is 5.85. The highest BCUT2D eigenvalue weighted by Gasteiger charge is 2.27. The maximum Gasteiger partial charge on any atom is 0.315 e. The lowest BCUT2D eigenvalue weighted by Crippen LogP contribution is -2.47. The molecule has 0 aliphatic heterocycles. The van der Waals surface area contributed by atoms with E-state index in [4.69, 9.17) is 4.42 Å². The third kappa shape index (κ3) is 4.00. The van der Waals surface area contributed by atoms with Crippen molar-refractivity contribution in [3.05, 3.63) is 23.7 Å². The zero-order chi connectivity index (χ0) is 14.6. The van der Waals surface area contributed by atoms with Crippen LogP contribution in [-0.2, 0) is 5.60 Å². The number of aliphatic hydroxyl groups is 1. The summed E-state index contributed by atoms with van der Waals surface area (Å²) in [5, 5.41) is 16.0. The zero-order valence-corrected chi connectivity index (χ0v) is 12.2. The van der Waals surface area contributed by atoms with Gasteiger partial charge >= 0.3 is 6.03 Å². The quantitative estimate of drug-likeness (QED) is 0.793. The third-order valence-electron chi connectivity index (χ3n) is 3.80. The predicted octanol–water partition coefficient (Wildman–Crippen LogP) is 2.43. The van der Waals surface area contributed by atoms with Gasteiger partial charge in [0.2, 0.25) is 0 Å². The summed E-state index contributed by atoms with van der Waals surface area (Å²) in [5.74, 6) is 1.21. The Balaban J connectivity index is 1.80. The minimum Gasteiger partial charge on any atom is -0.463 e. The van der Waals surface area contributed by atoms with Gasteiger partial charge in [-0.05, 0) is 38.8 Å². The van der Waals surface area contributed by atoms with Gasteiger partial charge in [0, 0.05) is 6.04 Å². The van der Waals surface area contributed by atoms with Crippen LogP contribution in [0.3, 0.4) is 0 Å². The van der Waals surface area contributed by atoms with Crippen molar-refractivity contribution in [3.8, 4) is 0 Å². The number of hydrogen-bond donors (Lipinski definition) is 3. The minimum absolute atomic E-state index is 0.124. The van der Waals surface area contributed by atoms with E-state index in [1.54, 1.807) is 19.1 Å². The summed E-state index contributed by atoms with van der Waals surface area (Å²) in [6.45, 7) is 3.58. The molecule has 2 rings (SSSR count). The smallest absolute Gasteiger partial charge is 0.315 e. The Bertz CT molecular complexity index is 448. The lowest BCUT2D eigenvalue weighted by Gasteiger charge is -2.25. The van der Waals surface area contributed by atoms with Crippen LogP contribution in [0.15, 0.2) is 16.5 Å². The van der Waals surface area contributed by atoms with Crippen molar-refractivity contribution >= 4 is 6.03 Å². The average molecular weight is 280 g/mol. The number of furan rings is 1. The van der Waals surface area contributed by atoms with Gasteiger partial charge in [-0.2, -0.15) is 0 Å². The van der Waals surface area contributed by atoms with E-state index in [0.29, 0.717) is 5.76 Å². The molecule has 0 saturated heterocycles. The maximum atomic E-state index is 11.8. The molecule has 1 aromatic rings. The largest absolute Gasteiger partial charge is 0.463 e. The molecule has 1 heterocycles. The van der Waals surface area contributed by atoms with Crippen molar-refractivity contribution < 1.29 is 14.3 Å². The van der Waals surface area contributed by atoms with Gasteiger partial charge in [-0.25, -0.2) is 4.79 Å². The van der Waals surface area contributed by atoms with Crippen LogP contribution in [-0.4, -0.2) is 23.7 Å². The molecule has 3 N–H and O–H groups in total. The van der Waals surface area contributed by atoms with E-state index in [0.717, 1.165) is 18.6 Å². The number of carbonyl (C=O) groups excluding carboxylic acids is 1. The SMILES string of the molecule is Cc1ccc(C(C)(O)CNC(=O)NC2CCCCC2)o1. The molecule has 0 bridgehead atoms. The number of rotatable bonds is 4. The van der Waals surface area contributed by atoms with Crippen LogP contribution in [0.1, 0.15) is 50.5 Å². The summed E-state index contributed by atoms with van der Waals surface area (Å²) in [5.41, 5.74) is -1.20. The third-order valence-corrected chi connectivity index (χ3v) is 3.80. The van der Waals surface area contributed by atoms with E-state index in [1.807, 2.05) is 6.92 Å². The second kappa shape index (κ2) is 6.31. The zero-order valence-electron chi connectivity index (χ0n) is 12.2. The van der Waals surface area contributed by atoms with E-state index in [2.05, 4.69) is 10.6 Å². The molecule has 1 aliphatic rings. The Kier molecular flexibility index (Phi) is 4.70. The number of nitrogens with one attached hydrogen (secondary N) is 2. The normalized spacial score (nSPS) is 19.4. The summed E-state index contributed by atoms with van der Waals surface area (Å²) in [6, 6.07) is 3.57. The first-order valence-electron chi connectivity index (χ1n) is 7.31. The van der Waals surface area contributed by atoms with Crippen LogP contribution in [0.25, 0.3) is 0 Å². The molecule has 0 radical (unpaired) electrons. The molecular weight excluding hydrogens is 256 g/mol. The molecule has 5 heteroatoms. The number of aryl methyl sites for hydroxylation is 1. The molecule has 1 unspecified atom stereocenters. The van der Waals surface area contributed by atoms with E-state index in [9.17, 15) is 9.90 Å². The van der Waals surface area contributed by atoms with Gasteiger partial charge in [0.1, 0.15) is 17.1 Å². The molecule has 20 heavy (non-hydrogen) atoms. The fourth-order valence-electron chi connectivity index (χ4n) is 2.55. The van der Waals surface area contributed by atoms with Crippen LogP contribution < -0.4 is 10.6 Å². The van der Waals surface area contributed by atoms with Crippen molar-refractivity contribution in [2.24, 2.45) is 0 Å². The van der Waals surface area contributed by atoms with Crippen molar-refractivity contribution in [2.45, 2.75) is 57.6 Å². The van der Waals surface area contributed by atoms with Crippen LogP contribution in [0.2, 0.25) is 0 Å². The molecule has 112 valence electrons. The molecule has 1 saturated carbocycles. The number of hydrogen-bond acceptors (Lipinski definition) is 3. The Morgan fingerprint density at radius 1 is 1.40 bits per heavy atom. The van der Waals surface area contributed by atoms with Gasteiger partial charge in [0.15, 0.2) is 0 Å². The molecule has 1 atom stereocenters. The van der Waals surface area contributed by atoms with Crippen molar-refractivity contribution in [1.29, 1.82) is 0 Å². The first-order chi connectivity index (χ1) is 9.47. The van der Waals surface area contributed by atoms with Gasteiger partial charge in [-0.1, -0.05) is 19.3 Å². The van der Waals surface area contributed by atoms with Gasteiger partial charge in [0.25, 0.3) is 0 Å². The van der Waals surface area contributed by atoms with Crippen LogP contribution in [0.4, 0.5) is 4.79 Å². The van der Waals surface area contributed by atoms with Gasteiger partial charge < -0.3 is 20.2 Å². The van der Waals surface area contributed by atoms with E-state index in [-0.39, 0.29) is 18.6 Å². The van der Waals surface area contributed by atoms with Crippen LogP contribution >= 0.6 is 0 Å². The number of urea groups is 1. The topological polar surface area (TPSA) is 74.5 Å². The summed E-state index contributed by atoms with van der Waals surface area (Å²) in [7, 11) is 0. The minimum atomic E-state index is -1.20. The van der Waals surface area contributed by atoms with E-state index in [1.165, 1.54) is 19.3 Å². The van der Waals surface area contributed by atoms with Gasteiger partial charge in [-0.15, -0.1) is 0 Å². The summed E-state index contributed by atoms with van der Waals surface area (Å²) >= 11 is 0. The Morgan fingerprint density at radius 2 is 2.10 bits per heavy atom. The highest BCUT2D eigenvalue weighted by Crippen LogP contribution is 2.22. The van der Waals surface area contributed by atoms with E-state index >= 15 is 0 Å². The fraction of sp³-hybridized carbons (Fsp3) is 0.667. The predicted molar refractivity (Wildman–Crippen MR) is 76.4 cm³/mol. The highest BCUT2D eigenvalue weighted by molar-refractivity contribution is 5.74. The molecule has 0 spiro atoms. The first-order valence-corrected chi connectivity index (χ1v) is 7.31. The molecular formula is C15H24N2O3. The van der Waals surface area contributed by atoms with Crippen LogP contribution in [0, 0.1) is 6.92 Å². The molecule has 2 amide bonds. The molecule has 1 aromatic heterocycles. The average Bonchev–Trinajstić information content (AvgIpc) is 2.85. The van der Waals surface area contributed by atoms with E-state index < -0.39 is 5.60 Å². The monoisotopic (exact) mass is 280 g/mol.